The van der Waals surface area contributed by atoms with Crippen molar-refractivity contribution in [1.82, 2.24) is 0 Å². The number of aliphatic hydroxyl groups is 6. The summed E-state index contributed by atoms with van der Waals surface area (Å²) < 4.78 is 33.3. The first-order valence-electron chi connectivity index (χ1n) is 12.5. The Bertz CT molecular complexity index is 1380. The Hall–Kier alpha value is -3.11. The highest BCUT2D eigenvalue weighted by Gasteiger charge is 2.53. The van der Waals surface area contributed by atoms with Crippen molar-refractivity contribution < 1.29 is 58.7 Å². The largest absolute Gasteiger partial charge is 0.497 e. The van der Waals surface area contributed by atoms with E-state index >= 15 is 0 Å². The third-order valence-electron chi connectivity index (χ3n) is 7.09. The van der Waals surface area contributed by atoms with Gasteiger partial charge in [0, 0.05) is 6.07 Å². The van der Waals surface area contributed by atoms with E-state index in [1.807, 2.05) is 0 Å². The fraction of sp³-hybridized carbons (Fsp3) is 0.444. The summed E-state index contributed by atoms with van der Waals surface area (Å²) in [5.41, 5.74) is -1.10. The number of methoxy groups -OCH3 is 1. The van der Waals surface area contributed by atoms with Gasteiger partial charge in [-0.15, -0.1) is 0 Å². The van der Waals surface area contributed by atoms with E-state index in [0.29, 0.717) is 16.9 Å². The standard InChI is InChI=1S/C27H30O13/c1-35-14-4-2-13(3-5-14)17-10-36-18-8-15(6-7-16(18)20(17)30)38-25-23(22(32)21(31)19(9-28)39-25)40-26-24(33)27(34,11-29)12-37-26/h2-8,10,19,21-26,28-29,31-34H,9,11-12H2,1H3/t19-,21+,22+,23+,24-,25-,26+,27+/m0/s1. The minimum atomic E-state index is -1.99. The van der Waals surface area contributed by atoms with Crippen molar-refractivity contribution in [3.8, 4) is 22.6 Å². The number of fused-ring (bicyclic) bond motifs is 1. The topological polar surface area (TPSA) is 198 Å². The molecule has 0 aliphatic carbocycles. The van der Waals surface area contributed by atoms with Crippen molar-refractivity contribution >= 4 is 11.0 Å². The highest BCUT2D eigenvalue weighted by Crippen LogP contribution is 2.33. The van der Waals surface area contributed by atoms with Gasteiger partial charge in [-0.25, -0.2) is 0 Å². The molecule has 2 saturated heterocycles. The first-order chi connectivity index (χ1) is 19.2. The molecule has 2 aliphatic rings. The summed E-state index contributed by atoms with van der Waals surface area (Å²) in [5, 5.41) is 61.0. The zero-order valence-electron chi connectivity index (χ0n) is 21.3. The molecule has 13 heteroatoms. The predicted octanol–water partition coefficient (Wildman–Crippen LogP) is -0.888. The van der Waals surface area contributed by atoms with Crippen molar-refractivity contribution in [2.24, 2.45) is 0 Å². The highest BCUT2D eigenvalue weighted by atomic mass is 16.8. The predicted molar refractivity (Wildman–Crippen MR) is 136 cm³/mol. The van der Waals surface area contributed by atoms with Crippen molar-refractivity contribution in [1.29, 1.82) is 0 Å². The van der Waals surface area contributed by atoms with Gasteiger partial charge in [0.2, 0.25) is 6.29 Å². The van der Waals surface area contributed by atoms with Gasteiger partial charge >= 0.3 is 0 Å². The van der Waals surface area contributed by atoms with Crippen molar-refractivity contribution in [2.75, 3.05) is 26.9 Å². The number of hydrogen-bond acceptors (Lipinski definition) is 13. The summed E-state index contributed by atoms with van der Waals surface area (Å²) in [6.45, 7) is -1.91. The van der Waals surface area contributed by atoms with E-state index in [1.54, 1.807) is 31.4 Å². The first kappa shape index (κ1) is 28.4. The Kier molecular flexibility index (Phi) is 8.10. The monoisotopic (exact) mass is 562 g/mol. The Balaban J connectivity index is 1.40. The molecule has 216 valence electrons. The second kappa shape index (κ2) is 11.4. The van der Waals surface area contributed by atoms with E-state index in [4.69, 9.17) is 28.1 Å². The minimum absolute atomic E-state index is 0.131. The minimum Gasteiger partial charge on any atom is -0.497 e. The lowest BCUT2D eigenvalue weighted by atomic mass is 9.98. The lowest BCUT2D eigenvalue weighted by Gasteiger charge is -2.42. The maximum Gasteiger partial charge on any atom is 0.229 e. The Morgan fingerprint density at radius 2 is 1.73 bits per heavy atom. The lowest BCUT2D eigenvalue weighted by Crippen LogP contribution is -2.62. The molecule has 1 aromatic heterocycles. The fourth-order valence-corrected chi connectivity index (χ4v) is 4.65. The molecule has 2 aliphatic heterocycles. The van der Waals surface area contributed by atoms with Gasteiger partial charge in [0.15, 0.2) is 17.8 Å². The van der Waals surface area contributed by atoms with Crippen LogP contribution in [0.3, 0.4) is 0 Å². The van der Waals surface area contributed by atoms with Crippen LogP contribution in [0.2, 0.25) is 0 Å². The summed E-state index contributed by atoms with van der Waals surface area (Å²) >= 11 is 0. The van der Waals surface area contributed by atoms with Crippen LogP contribution in [-0.2, 0) is 14.2 Å². The van der Waals surface area contributed by atoms with Crippen LogP contribution in [0.5, 0.6) is 11.5 Å². The van der Waals surface area contributed by atoms with Crippen LogP contribution < -0.4 is 14.9 Å². The maximum absolute atomic E-state index is 13.2. The summed E-state index contributed by atoms with van der Waals surface area (Å²) in [6.07, 6.45) is -9.29. The van der Waals surface area contributed by atoms with Crippen LogP contribution in [0.25, 0.3) is 22.1 Å². The zero-order chi connectivity index (χ0) is 28.6. The third-order valence-corrected chi connectivity index (χ3v) is 7.09. The van der Waals surface area contributed by atoms with Gasteiger partial charge in [0.05, 0.1) is 37.9 Å². The van der Waals surface area contributed by atoms with E-state index in [9.17, 15) is 35.4 Å². The van der Waals surface area contributed by atoms with E-state index in [0.717, 1.165) is 0 Å². The van der Waals surface area contributed by atoms with Crippen LogP contribution in [0.15, 0.2) is 57.9 Å². The van der Waals surface area contributed by atoms with Crippen molar-refractivity contribution in [2.45, 2.75) is 48.7 Å². The number of ether oxygens (including phenoxy) is 5. The lowest BCUT2D eigenvalue weighted by molar-refractivity contribution is -0.318. The van der Waals surface area contributed by atoms with E-state index < -0.39 is 68.5 Å². The van der Waals surface area contributed by atoms with E-state index in [1.165, 1.54) is 24.5 Å². The second-order valence-corrected chi connectivity index (χ2v) is 9.68. The van der Waals surface area contributed by atoms with Gasteiger partial charge in [-0.3, -0.25) is 4.79 Å². The molecule has 0 bridgehead atoms. The maximum atomic E-state index is 13.2. The van der Waals surface area contributed by atoms with Crippen LogP contribution >= 0.6 is 0 Å². The molecule has 2 fully saturated rings. The molecule has 8 atom stereocenters. The van der Waals surface area contributed by atoms with Crippen molar-refractivity contribution in [3.05, 3.63) is 59.0 Å². The smallest absolute Gasteiger partial charge is 0.229 e. The average Bonchev–Trinajstić information content (AvgIpc) is 3.26. The molecule has 40 heavy (non-hydrogen) atoms. The summed E-state index contributed by atoms with van der Waals surface area (Å²) in [6, 6.07) is 11.3. The molecule has 6 N–H and O–H groups in total. The first-order valence-corrected chi connectivity index (χ1v) is 12.5. The molecular formula is C27H30O13. The number of rotatable bonds is 8. The highest BCUT2D eigenvalue weighted by molar-refractivity contribution is 5.82. The molecule has 5 rings (SSSR count). The molecular weight excluding hydrogens is 532 g/mol. The molecule has 2 aromatic carbocycles. The number of benzene rings is 2. The molecule has 13 nitrogen and oxygen atoms in total. The summed E-state index contributed by atoms with van der Waals surface area (Å²) in [5.74, 6) is 0.772. The molecule has 0 amide bonds. The van der Waals surface area contributed by atoms with Gasteiger partial charge in [0.25, 0.3) is 0 Å². The van der Waals surface area contributed by atoms with Gasteiger partial charge in [-0.05, 0) is 29.8 Å². The average molecular weight is 563 g/mol. The van der Waals surface area contributed by atoms with Gasteiger partial charge in [-0.1, -0.05) is 12.1 Å². The summed E-state index contributed by atoms with van der Waals surface area (Å²) in [7, 11) is 1.54. The van der Waals surface area contributed by atoms with Crippen LogP contribution in [0, 0.1) is 0 Å². The molecule has 3 heterocycles. The molecule has 0 radical (unpaired) electrons. The molecule has 0 spiro atoms. The molecule has 0 saturated carbocycles. The van der Waals surface area contributed by atoms with Gasteiger partial charge in [0.1, 0.15) is 53.4 Å². The summed E-state index contributed by atoms with van der Waals surface area (Å²) in [4.78, 5) is 13.2. The van der Waals surface area contributed by atoms with Crippen LogP contribution in [0.4, 0.5) is 0 Å². The van der Waals surface area contributed by atoms with Gasteiger partial charge in [-0.2, -0.15) is 0 Å². The van der Waals surface area contributed by atoms with Crippen LogP contribution in [-0.4, -0.2) is 106 Å². The normalized spacial score (nSPS) is 32.3. The van der Waals surface area contributed by atoms with Crippen LogP contribution in [0.1, 0.15) is 0 Å². The van der Waals surface area contributed by atoms with Crippen molar-refractivity contribution in [3.63, 3.8) is 0 Å². The number of aliphatic hydroxyl groups excluding tert-OH is 5. The Morgan fingerprint density at radius 1 is 1.00 bits per heavy atom. The fourth-order valence-electron chi connectivity index (χ4n) is 4.65. The van der Waals surface area contributed by atoms with E-state index in [2.05, 4.69) is 0 Å². The Morgan fingerprint density at radius 3 is 2.38 bits per heavy atom. The quantitative estimate of drug-likeness (QED) is 0.198. The number of hydrogen-bond donors (Lipinski definition) is 6. The SMILES string of the molecule is COc1ccc(-c2coc3cc(O[C@H]4O[C@@H](CO)[C@@H](O)[C@@H](O)[C@H]4O[C@H]4OC[C@](O)(CO)[C@H]4O)ccc3c2=O)cc1. The second-order valence-electron chi connectivity index (χ2n) is 9.68. The van der Waals surface area contributed by atoms with E-state index in [-0.39, 0.29) is 22.1 Å². The van der Waals surface area contributed by atoms with Gasteiger partial charge < -0.3 is 58.7 Å². The molecule has 0 unspecified atom stereocenters. The zero-order valence-corrected chi connectivity index (χ0v) is 21.3. The third kappa shape index (κ3) is 5.19. The molecule has 3 aromatic rings. The Labute approximate surface area is 227 Å².